The van der Waals surface area contributed by atoms with Crippen LogP contribution in [0.4, 0.5) is 0 Å². The number of aromatic nitrogens is 3. The molecule has 3 rings (SSSR count). The predicted molar refractivity (Wildman–Crippen MR) is 71.6 cm³/mol. The number of nitrogens with one attached hydrogen (secondary N) is 1. The molecule has 1 aromatic heterocycles. The largest absolute Gasteiger partial charge is 0.308 e. The molecule has 2 heterocycles. The normalized spacial score (nSPS) is 18.7. The predicted octanol–water partition coefficient (Wildman–Crippen LogP) is 2.57. The standard InChI is InChI=1S/C13H15ClN4/c1-8-7-10(3-4-11(8)14)13-17-16-12-9(2)15-5-6-18(12)13/h3-4,7,9,15H,5-6H2,1-2H3. The molecule has 0 spiro atoms. The Balaban J connectivity index is 2.09. The van der Waals surface area contributed by atoms with Gasteiger partial charge in [0.2, 0.25) is 0 Å². The number of rotatable bonds is 1. The molecule has 0 aliphatic carbocycles. The van der Waals surface area contributed by atoms with Gasteiger partial charge in [-0.05, 0) is 37.6 Å². The van der Waals surface area contributed by atoms with Crippen LogP contribution in [0.15, 0.2) is 18.2 Å². The minimum atomic E-state index is 0.258. The summed E-state index contributed by atoms with van der Waals surface area (Å²) in [7, 11) is 0. The van der Waals surface area contributed by atoms with Gasteiger partial charge in [0.05, 0.1) is 6.04 Å². The molecule has 1 N–H and O–H groups in total. The summed E-state index contributed by atoms with van der Waals surface area (Å²) in [4.78, 5) is 0. The average molecular weight is 263 g/mol. The van der Waals surface area contributed by atoms with Gasteiger partial charge < -0.3 is 9.88 Å². The van der Waals surface area contributed by atoms with Gasteiger partial charge >= 0.3 is 0 Å². The highest BCUT2D eigenvalue weighted by Gasteiger charge is 2.22. The zero-order valence-corrected chi connectivity index (χ0v) is 11.2. The molecule has 18 heavy (non-hydrogen) atoms. The topological polar surface area (TPSA) is 42.7 Å². The summed E-state index contributed by atoms with van der Waals surface area (Å²) in [6, 6.07) is 6.23. The van der Waals surface area contributed by atoms with E-state index in [1.807, 2.05) is 19.1 Å². The smallest absolute Gasteiger partial charge is 0.164 e. The van der Waals surface area contributed by atoms with Crippen molar-refractivity contribution in [2.45, 2.75) is 26.4 Å². The van der Waals surface area contributed by atoms with E-state index in [-0.39, 0.29) is 6.04 Å². The van der Waals surface area contributed by atoms with Crippen molar-refractivity contribution in [1.82, 2.24) is 20.1 Å². The number of hydrogen-bond donors (Lipinski definition) is 1. The lowest BCUT2D eigenvalue weighted by molar-refractivity contribution is 0.439. The quantitative estimate of drug-likeness (QED) is 0.859. The molecule has 94 valence electrons. The SMILES string of the molecule is Cc1cc(-c2nnc3n2CCNC3C)ccc1Cl. The van der Waals surface area contributed by atoms with Crippen LogP contribution < -0.4 is 5.32 Å². The summed E-state index contributed by atoms with van der Waals surface area (Å²) in [6.07, 6.45) is 0. The van der Waals surface area contributed by atoms with E-state index < -0.39 is 0 Å². The van der Waals surface area contributed by atoms with Crippen LogP contribution in [0, 0.1) is 6.92 Å². The molecule has 0 bridgehead atoms. The summed E-state index contributed by atoms with van der Waals surface area (Å²) >= 11 is 6.06. The lowest BCUT2D eigenvalue weighted by Gasteiger charge is -2.22. The molecule has 1 atom stereocenters. The Morgan fingerprint density at radius 3 is 3.00 bits per heavy atom. The Labute approximate surface area is 111 Å². The molecule has 0 fully saturated rings. The zero-order valence-electron chi connectivity index (χ0n) is 10.4. The monoisotopic (exact) mass is 262 g/mol. The molecule has 0 saturated carbocycles. The van der Waals surface area contributed by atoms with E-state index in [9.17, 15) is 0 Å². The van der Waals surface area contributed by atoms with Gasteiger partial charge in [-0.1, -0.05) is 11.6 Å². The van der Waals surface area contributed by atoms with E-state index in [0.29, 0.717) is 0 Å². The number of benzene rings is 1. The van der Waals surface area contributed by atoms with Gasteiger partial charge in [-0.2, -0.15) is 0 Å². The highest BCUT2D eigenvalue weighted by molar-refractivity contribution is 6.31. The first-order valence-electron chi connectivity index (χ1n) is 6.10. The first kappa shape index (κ1) is 11.7. The van der Waals surface area contributed by atoms with Crippen molar-refractivity contribution in [3.63, 3.8) is 0 Å². The van der Waals surface area contributed by atoms with E-state index in [1.165, 1.54) is 0 Å². The highest BCUT2D eigenvalue weighted by atomic mass is 35.5. The van der Waals surface area contributed by atoms with Crippen molar-refractivity contribution in [2.24, 2.45) is 0 Å². The fourth-order valence-corrected chi connectivity index (χ4v) is 2.45. The molecule has 1 aliphatic rings. The van der Waals surface area contributed by atoms with E-state index in [1.54, 1.807) is 0 Å². The van der Waals surface area contributed by atoms with Gasteiger partial charge in [0.15, 0.2) is 5.82 Å². The van der Waals surface area contributed by atoms with E-state index in [2.05, 4.69) is 33.1 Å². The van der Waals surface area contributed by atoms with Gasteiger partial charge in [-0.15, -0.1) is 10.2 Å². The van der Waals surface area contributed by atoms with Gasteiger partial charge in [-0.25, -0.2) is 0 Å². The van der Waals surface area contributed by atoms with Crippen LogP contribution in [0.5, 0.6) is 0 Å². The molecule has 5 heteroatoms. The van der Waals surface area contributed by atoms with Crippen LogP contribution in [0.3, 0.4) is 0 Å². The number of nitrogens with zero attached hydrogens (tertiary/aromatic N) is 3. The van der Waals surface area contributed by atoms with Crippen LogP contribution in [0.2, 0.25) is 5.02 Å². The van der Waals surface area contributed by atoms with Crippen molar-refractivity contribution in [1.29, 1.82) is 0 Å². The van der Waals surface area contributed by atoms with Gasteiger partial charge in [0, 0.05) is 23.7 Å². The van der Waals surface area contributed by atoms with E-state index >= 15 is 0 Å². The first-order valence-corrected chi connectivity index (χ1v) is 6.47. The molecule has 0 amide bonds. The molecule has 2 aromatic rings. The van der Waals surface area contributed by atoms with Crippen LogP contribution in [0.1, 0.15) is 24.4 Å². The van der Waals surface area contributed by atoms with Gasteiger partial charge in [0.1, 0.15) is 5.82 Å². The summed E-state index contributed by atoms with van der Waals surface area (Å²) in [5.74, 6) is 1.93. The van der Waals surface area contributed by atoms with Crippen LogP contribution in [0.25, 0.3) is 11.4 Å². The van der Waals surface area contributed by atoms with Crippen molar-refractivity contribution >= 4 is 11.6 Å². The summed E-state index contributed by atoms with van der Waals surface area (Å²) < 4.78 is 2.18. The second-order valence-corrected chi connectivity index (χ2v) is 5.08. The van der Waals surface area contributed by atoms with Crippen molar-refractivity contribution < 1.29 is 0 Å². The number of aryl methyl sites for hydroxylation is 1. The molecule has 0 saturated heterocycles. The maximum absolute atomic E-state index is 6.06. The Morgan fingerprint density at radius 2 is 2.22 bits per heavy atom. The second kappa shape index (κ2) is 4.37. The number of fused-ring (bicyclic) bond motifs is 1. The second-order valence-electron chi connectivity index (χ2n) is 4.67. The molecular formula is C13H15ClN4. The maximum Gasteiger partial charge on any atom is 0.164 e. The molecule has 0 radical (unpaired) electrons. The lowest BCUT2D eigenvalue weighted by atomic mass is 10.1. The molecular weight excluding hydrogens is 248 g/mol. The molecule has 1 aliphatic heterocycles. The molecule has 4 nitrogen and oxygen atoms in total. The average Bonchev–Trinajstić information content (AvgIpc) is 2.78. The first-order chi connectivity index (χ1) is 8.66. The Hall–Kier alpha value is -1.39. The van der Waals surface area contributed by atoms with E-state index in [4.69, 9.17) is 11.6 Å². The molecule has 1 aromatic carbocycles. The minimum Gasteiger partial charge on any atom is -0.308 e. The van der Waals surface area contributed by atoms with Crippen LogP contribution >= 0.6 is 11.6 Å². The van der Waals surface area contributed by atoms with Crippen LogP contribution in [-0.2, 0) is 6.54 Å². The third kappa shape index (κ3) is 1.82. The van der Waals surface area contributed by atoms with Crippen molar-refractivity contribution in [3.8, 4) is 11.4 Å². The number of hydrogen-bond acceptors (Lipinski definition) is 3. The zero-order chi connectivity index (χ0) is 12.7. The number of halogens is 1. The Bertz CT molecular complexity index is 591. The summed E-state index contributed by atoms with van der Waals surface area (Å²) in [5, 5.41) is 12.8. The third-order valence-electron chi connectivity index (χ3n) is 3.37. The summed E-state index contributed by atoms with van der Waals surface area (Å²) in [6.45, 7) is 5.97. The lowest BCUT2D eigenvalue weighted by Crippen LogP contribution is -2.32. The highest BCUT2D eigenvalue weighted by Crippen LogP contribution is 2.26. The van der Waals surface area contributed by atoms with Gasteiger partial charge in [-0.3, -0.25) is 0 Å². The fraction of sp³-hybridized carbons (Fsp3) is 0.385. The minimum absolute atomic E-state index is 0.258. The fourth-order valence-electron chi connectivity index (χ4n) is 2.34. The van der Waals surface area contributed by atoms with Gasteiger partial charge in [0.25, 0.3) is 0 Å². The van der Waals surface area contributed by atoms with E-state index in [0.717, 1.165) is 40.9 Å². The third-order valence-corrected chi connectivity index (χ3v) is 3.79. The Kier molecular flexibility index (Phi) is 2.84. The van der Waals surface area contributed by atoms with Crippen LogP contribution in [-0.4, -0.2) is 21.3 Å². The summed E-state index contributed by atoms with van der Waals surface area (Å²) in [5.41, 5.74) is 2.14. The van der Waals surface area contributed by atoms with Crippen molar-refractivity contribution in [3.05, 3.63) is 34.6 Å². The van der Waals surface area contributed by atoms with Crippen molar-refractivity contribution in [2.75, 3.05) is 6.54 Å². The Morgan fingerprint density at radius 1 is 1.39 bits per heavy atom. The molecule has 1 unspecified atom stereocenters. The maximum atomic E-state index is 6.06.